The third-order valence-electron chi connectivity index (χ3n) is 2.74. The van der Waals surface area contributed by atoms with E-state index in [-0.39, 0.29) is 24.9 Å². The fourth-order valence-corrected chi connectivity index (χ4v) is 1.84. The van der Waals surface area contributed by atoms with Gasteiger partial charge in [0.05, 0.1) is 18.1 Å². The Balaban J connectivity index is 2.92. The molecular weight excluding hydrogens is 226 g/mol. The van der Waals surface area contributed by atoms with Gasteiger partial charge < -0.3 is 4.90 Å². The van der Waals surface area contributed by atoms with Crippen molar-refractivity contribution in [3.63, 3.8) is 0 Å². The maximum atomic E-state index is 12.3. The largest absolute Gasteiger partial charge is 0.316 e. The van der Waals surface area contributed by atoms with Crippen LogP contribution in [0.2, 0.25) is 0 Å². The van der Waals surface area contributed by atoms with Crippen LogP contribution in [0.3, 0.4) is 0 Å². The van der Waals surface area contributed by atoms with Gasteiger partial charge in [0.1, 0.15) is 13.1 Å². The summed E-state index contributed by atoms with van der Waals surface area (Å²) in [5.74, 6) is -0.445. The summed E-state index contributed by atoms with van der Waals surface area (Å²) in [6.45, 7) is 1.83. The molecule has 1 rings (SSSR count). The number of rotatable bonds is 5. The minimum Gasteiger partial charge on any atom is -0.316 e. The molecule has 0 fully saturated rings. The second-order valence-electron chi connectivity index (χ2n) is 3.88. The van der Waals surface area contributed by atoms with Gasteiger partial charge in [0.25, 0.3) is 0 Å². The average molecular weight is 241 g/mol. The van der Waals surface area contributed by atoms with E-state index >= 15 is 0 Å². The molecule has 4 nitrogen and oxygen atoms in total. The van der Waals surface area contributed by atoms with Crippen LogP contribution in [-0.4, -0.2) is 23.9 Å². The summed E-state index contributed by atoms with van der Waals surface area (Å²) < 4.78 is 0. The lowest BCUT2D eigenvalue weighted by atomic mass is 9.95. The molecule has 0 aliphatic heterocycles. The average Bonchev–Trinajstić information content (AvgIpc) is 2.40. The first-order valence-corrected chi connectivity index (χ1v) is 5.82. The van der Waals surface area contributed by atoms with Crippen molar-refractivity contribution in [2.45, 2.75) is 19.3 Å². The quantitative estimate of drug-likeness (QED) is 0.741. The summed E-state index contributed by atoms with van der Waals surface area (Å²) in [4.78, 5) is 13.6. The Morgan fingerprint density at radius 3 is 2.22 bits per heavy atom. The summed E-state index contributed by atoms with van der Waals surface area (Å²) in [5, 5.41) is 17.4. The van der Waals surface area contributed by atoms with Crippen LogP contribution in [0.25, 0.3) is 0 Å². The van der Waals surface area contributed by atoms with Crippen molar-refractivity contribution >= 4 is 5.91 Å². The molecule has 0 aromatic heterocycles. The van der Waals surface area contributed by atoms with E-state index in [0.717, 1.165) is 5.56 Å². The van der Waals surface area contributed by atoms with Crippen molar-refractivity contribution in [2.75, 3.05) is 13.1 Å². The Hall–Kier alpha value is -2.33. The third-order valence-corrected chi connectivity index (χ3v) is 2.74. The standard InChI is InChI=1S/C14H15N3O/c1-2-13(12-6-4-3-5-7-12)14(18)17(10-8-15)11-9-16/h3-7,13H,2,10-11H2,1H3/t13-/m0/s1. The lowest BCUT2D eigenvalue weighted by Crippen LogP contribution is -2.35. The molecule has 1 aromatic carbocycles. The molecular formula is C14H15N3O. The molecule has 0 aliphatic rings. The minimum atomic E-state index is -0.284. The van der Waals surface area contributed by atoms with E-state index in [1.807, 2.05) is 49.4 Å². The minimum absolute atomic E-state index is 0.0459. The van der Waals surface area contributed by atoms with Gasteiger partial charge in [-0.3, -0.25) is 4.79 Å². The molecule has 1 aromatic rings. The van der Waals surface area contributed by atoms with Crippen molar-refractivity contribution in [2.24, 2.45) is 0 Å². The van der Waals surface area contributed by atoms with Gasteiger partial charge in [0.15, 0.2) is 0 Å². The van der Waals surface area contributed by atoms with Gasteiger partial charge in [0.2, 0.25) is 5.91 Å². The molecule has 0 aliphatic carbocycles. The molecule has 0 spiro atoms. The number of carbonyl (C=O) groups excluding carboxylic acids is 1. The number of nitrogens with zero attached hydrogens (tertiary/aromatic N) is 3. The Morgan fingerprint density at radius 1 is 1.22 bits per heavy atom. The highest BCUT2D eigenvalue weighted by Crippen LogP contribution is 2.21. The van der Waals surface area contributed by atoms with Crippen LogP contribution in [0.15, 0.2) is 30.3 Å². The fourth-order valence-electron chi connectivity index (χ4n) is 1.84. The first-order chi connectivity index (χ1) is 8.74. The first kappa shape index (κ1) is 13.7. The Bertz CT molecular complexity index is 454. The van der Waals surface area contributed by atoms with E-state index in [0.29, 0.717) is 6.42 Å². The van der Waals surface area contributed by atoms with E-state index < -0.39 is 0 Å². The second-order valence-corrected chi connectivity index (χ2v) is 3.88. The maximum absolute atomic E-state index is 12.3. The van der Waals surface area contributed by atoms with E-state index in [4.69, 9.17) is 10.5 Å². The molecule has 0 radical (unpaired) electrons. The number of amides is 1. The number of hydrogen-bond donors (Lipinski definition) is 0. The zero-order chi connectivity index (χ0) is 13.4. The monoisotopic (exact) mass is 241 g/mol. The van der Waals surface area contributed by atoms with Crippen molar-refractivity contribution in [3.05, 3.63) is 35.9 Å². The van der Waals surface area contributed by atoms with Crippen LogP contribution in [0.1, 0.15) is 24.8 Å². The third kappa shape index (κ3) is 3.33. The smallest absolute Gasteiger partial charge is 0.231 e. The number of carbonyl (C=O) groups is 1. The van der Waals surface area contributed by atoms with Gasteiger partial charge in [-0.15, -0.1) is 0 Å². The van der Waals surface area contributed by atoms with Gasteiger partial charge in [-0.25, -0.2) is 0 Å². The van der Waals surface area contributed by atoms with Crippen LogP contribution < -0.4 is 0 Å². The highest BCUT2D eigenvalue weighted by molar-refractivity contribution is 5.84. The van der Waals surface area contributed by atoms with E-state index in [9.17, 15) is 4.79 Å². The molecule has 0 saturated carbocycles. The summed E-state index contributed by atoms with van der Waals surface area (Å²) in [6.07, 6.45) is 0.649. The van der Waals surface area contributed by atoms with Gasteiger partial charge in [0, 0.05) is 0 Å². The summed E-state index contributed by atoms with van der Waals surface area (Å²) in [5.41, 5.74) is 0.922. The zero-order valence-corrected chi connectivity index (χ0v) is 10.3. The number of nitriles is 2. The van der Waals surface area contributed by atoms with Gasteiger partial charge in [-0.1, -0.05) is 37.3 Å². The Labute approximate surface area is 107 Å². The molecule has 0 bridgehead atoms. The van der Waals surface area contributed by atoms with Gasteiger partial charge in [-0.2, -0.15) is 10.5 Å². The summed E-state index contributed by atoms with van der Waals surface area (Å²) in [7, 11) is 0. The first-order valence-electron chi connectivity index (χ1n) is 5.82. The highest BCUT2D eigenvalue weighted by atomic mass is 16.2. The van der Waals surface area contributed by atoms with Crippen LogP contribution in [0.4, 0.5) is 0 Å². The molecule has 0 unspecified atom stereocenters. The topological polar surface area (TPSA) is 67.9 Å². The van der Waals surface area contributed by atoms with Crippen molar-refractivity contribution in [1.29, 1.82) is 10.5 Å². The molecule has 0 heterocycles. The zero-order valence-electron chi connectivity index (χ0n) is 10.3. The van der Waals surface area contributed by atoms with E-state index in [1.54, 1.807) is 0 Å². The summed E-state index contributed by atoms with van der Waals surface area (Å²) in [6, 6.07) is 13.3. The fraction of sp³-hybridized carbons (Fsp3) is 0.357. The normalized spacial score (nSPS) is 11.1. The molecule has 0 N–H and O–H groups in total. The Kier molecular flexibility index (Phi) is 5.41. The predicted molar refractivity (Wildman–Crippen MR) is 67.3 cm³/mol. The van der Waals surface area contributed by atoms with Crippen molar-refractivity contribution in [3.8, 4) is 12.1 Å². The lowest BCUT2D eigenvalue weighted by Gasteiger charge is -2.22. The molecule has 1 atom stereocenters. The van der Waals surface area contributed by atoms with Crippen LogP contribution in [-0.2, 0) is 4.79 Å². The lowest BCUT2D eigenvalue weighted by molar-refractivity contribution is -0.131. The second kappa shape index (κ2) is 7.09. The SMILES string of the molecule is CC[C@H](C(=O)N(CC#N)CC#N)c1ccccc1. The van der Waals surface area contributed by atoms with Crippen LogP contribution >= 0.6 is 0 Å². The van der Waals surface area contributed by atoms with Crippen molar-refractivity contribution < 1.29 is 4.79 Å². The van der Waals surface area contributed by atoms with E-state index in [2.05, 4.69) is 0 Å². The van der Waals surface area contributed by atoms with Crippen LogP contribution in [0, 0.1) is 22.7 Å². The molecule has 1 amide bonds. The predicted octanol–water partition coefficient (Wildman–Crippen LogP) is 2.06. The van der Waals surface area contributed by atoms with Crippen molar-refractivity contribution in [1.82, 2.24) is 4.90 Å². The maximum Gasteiger partial charge on any atom is 0.231 e. The number of benzene rings is 1. The molecule has 92 valence electrons. The highest BCUT2D eigenvalue weighted by Gasteiger charge is 2.23. The van der Waals surface area contributed by atoms with E-state index in [1.165, 1.54) is 4.90 Å². The van der Waals surface area contributed by atoms with Crippen LogP contribution in [0.5, 0.6) is 0 Å². The molecule has 4 heteroatoms. The summed E-state index contributed by atoms with van der Waals surface area (Å²) >= 11 is 0. The molecule has 18 heavy (non-hydrogen) atoms. The Morgan fingerprint density at radius 2 is 1.78 bits per heavy atom. The number of hydrogen-bond acceptors (Lipinski definition) is 3. The van der Waals surface area contributed by atoms with Gasteiger partial charge in [-0.05, 0) is 12.0 Å². The van der Waals surface area contributed by atoms with Gasteiger partial charge >= 0.3 is 0 Å². The molecule has 0 saturated heterocycles.